The maximum atomic E-state index is 12.5. The van der Waals surface area contributed by atoms with Gasteiger partial charge in [0, 0.05) is 30.8 Å². The number of nitrogens with one attached hydrogen (secondary N) is 1. The van der Waals surface area contributed by atoms with E-state index in [1.807, 2.05) is 18.2 Å². The highest BCUT2D eigenvalue weighted by atomic mass is 16.5. The Bertz CT molecular complexity index is 965. The average Bonchev–Trinajstić information content (AvgIpc) is 3.19. The number of rotatable bonds is 5. The highest BCUT2D eigenvalue weighted by Crippen LogP contribution is 2.41. The Morgan fingerprint density at radius 1 is 1.25 bits per heavy atom. The monoisotopic (exact) mass is 376 g/mol. The number of aryl methyl sites for hydroxylation is 1. The van der Waals surface area contributed by atoms with Crippen molar-refractivity contribution in [3.05, 3.63) is 65.8 Å². The number of hydrogen-bond acceptors (Lipinski definition) is 5. The largest absolute Gasteiger partial charge is 0.349 e. The van der Waals surface area contributed by atoms with E-state index in [0.717, 1.165) is 18.4 Å². The molecule has 1 aromatic carbocycles. The number of carbonyl (C=O) groups is 1. The zero-order chi connectivity index (χ0) is 19.6. The van der Waals surface area contributed by atoms with Gasteiger partial charge < -0.3 is 9.84 Å². The predicted molar refractivity (Wildman–Crippen MR) is 105 cm³/mol. The fourth-order valence-electron chi connectivity index (χ4n) is 3.82. The van der Waals surface area contributed by atoms with Crippen LogP contribution in [0, 0.1) is 0 Å². The molecule has 0 aliphatic heterocycles. The summed E-state index contributed by atoms with van der Waals surface area (Å²) in [6.45, 7) is 4.53. The third kappa shape index (κ3) is 3.81. The fraction of sp³-hybridized carbons (Fsp3) is 0.364. The Kier molecular flexibility index (Phi) is 4.94. The molecule has 0 fully saturated rings. The van der Waals surface area contributed by atoms with Crippen molar-refractivity contribution in [2.75, 3.05) is 0 Å². The summed E-state index contributed by atoms with van der Waals surface area (Å²) in [5.74, 6) is 0.951. The molecule has 3 aromatic rings. The zero-order valence-corrected chi connectivity index (χ0v) is 16.2. The molecular weight excluding hydrogens is 352 g/mol. The molecule has 144 valence electrons. The lowest BCUT2D eigenvalue weighted by molar-refractivity contribution is -0.122. The molecule has 6 nitrogen and oxygen atoms in total. The van der Waals surface area contributed by atoms with Crippen molar-refractivity contribution in [3.63, 3.8) is 0 Å². The number of hydrogen-bond donors (Lipinski definition) is 1. The molecule has 4 rings (SSSR count). The molecule has 0 radical (unpaired) electrons. The van der Waals surface area contributed by atoms with Crippen LogP contribution in [0.5, 0.6) is 0 Å². The van der Waals surface area contributed by atoms with E-state index in [1.54, 1.807) is 12.4 Å². The van der Waals surface area contributed by atoms with Gasteiger partial charge in [-0.15, -0.1) is 0 Å². The van der Waals surface area contributed by atoms with Gasteiger partial charge in [0.15, 0.2) is 0 Å². The molecule has 0 saturated heterocycles. The predicted octanol–water partition coefficient (Wildman–Crippen LogP) is 3.99. The van der Waals surface area contributed by atoms with Crippen LogP contribution in [0.2, 0.25) is 0 Å². The van der Waals surface area contributed by atoms with E-state index in [2.05, 4.69) is 52.5 Å². The zero-order valence-electron chi connectivity index (χ0n) is 16.2. The first-order valence-corrected chi connectivity index (χ1v) is 9.65. The minimum absolute atomic E-state index is 0.000590. The van der Waals surface area contributed by atoms with Crippen LogP contribution >= 0.6 is 0 Å². The molecule has 1 N–H and O–H groups in total. The lowest BCUT2D eigenvalue weighted by Crippen LogP contribution is -2.35. The van der Waals surface area contributed by atoms with E-state index in [1.165, 1.54) is 11.1 Å². The fourth-order valence-corrected chi connectivity index (χ4v) is 3.82. The SMILES string of the molecule is CC1(C)CCC(NC(=O)CCc2nc(-c3cccnc3)no2)c2ccccc21. The molecule has 0 bridgehead atoms. The molecule has 1 atom stereocenters. The Morgan fingerprint density at radius 2 is 2.11 bits per heavy atom. The number of fused-ring (bicyclic) bond motifs is 1. The molecule has 2 aromatic heterocycles. The Labute approximate surface area is 164 Å². The van der Waals surface area contributed by atoms with E-state index in [4.69, 9.17) is 4.52 Å². The molecule has 0 saturated carbocycles. The molecular formula is C22H24N4O2. The van der Waals surface area contributed by atoms with Crippen LogP contribution < -0.4 is 5.32 Å². The van der Waals surface area contributed by atoms with Gasteiger partial charge in [-0.3, -0.25) is 9.78 Å². The molecule has 1 aliphatic rings. The highest BCUT2D eigenvalue weighted by Gasteiger charge is 2.32. The van der Waals surface area contributed by atoms with Gasteiger partial charge in [0.25, 0.3) is 0 Å². The third-order valence-corrected chi connectivity index (χ3v) is 5.41. The summed E-state index contributed by atoms with van der Waals surface area (Å²) in [5.41, 5.74) is 3.49. The van der Waals surface area contributed by atoms with Gasteiger partial charge in [0.1, 0.15) is 0 Å². The summed E-state index contributed by atoms with van der Waals surface area (Å²) in [5, 5.41) is 7.15. The Balaban J connectivity index is 1.37. The van der Waals surface area contributed by atoms with E-state index in [-0.39, 0.29) is 17.4 Å². The van der Waals surface area contributed by atoms with Crippen molar-refractivity contribution in [1.29, 1.82) is 0 Å². The summed E-state index contributed by atoms with van der Waals surface area (Å²) in [4.78, 5) is 20.9. The van der Waals surface area contributed by atoms with Gasteiger partial charge in [-0.05, 0) is 41.5 Å². The van der Waals surface area contributed by atoms with Crippen molar-refractivity contribution >= 4 is 5.91 Å². The van der Waals surface area contributed by atoms with Crippen LogP contribution in [0.25, 0.3) is 11.4 Å². The van der Waals surface area contributed by atoms with Gasteiger partial charge in [0.2, 0.25) is 17.6 Å². The second-order valence-corrected chi connectivity index (χ2v) is 7.88. The van der Waals surface area contributed by atoms with Gasteiger partial charge in [-0.1, -0.05) is 43.3 Å². The van der Waals surface area contributed by atoms with Gasteiger partial charge in [-0.2, -0.15) is 4.98 Å². The molecule has 2 heterocycles. The van der Waals surface area contributed by atoms with Crippen molar-refractivity contribution in [2.24, 2.45) is 0 Å². The minimum Gasteiger partial charge on any atom is -0.349 e. The Hall–Kier alpha value is -3.02. The maximum Gasteiger partial charge on any atom is 0.227 e. The Morgan fingerprint density at radius 3 is 2.93 bits per heavy atom. The van der Waals surface area contributed by atoms with Crippen LogP contribution in [0.4, 0.5) is 0 Å². The topological polar surface area (TPSA) is 80.9 Å². The van der Waals surface area contributed by atoms with Crippen molar-refractivity contribution in [1.82, 2.24) is 20.4 Å². The number of benzene rings is 1. The number of amides is 1. The molecule has 6 heteroatoms. The van der Waals surface area contributed by atoms with Crippen LogP contribution in [-0.4, -0.2) is 21.0 Å². The second-order valence-electron chi connectivity index (χ2n) is 7.88. The minimum atomic E-state index is 0.000590. The molecule has 1 aliphatic carbocycles. The van der Waals surface area contributed by atoms with Crippen LogP contribution in [0.15, 0.2) is 53.3 Å². The summed E-state index contributed by atoms with van der Waals surface area (Å²) < 4.78 is 5.27. The quantitative estimate of drug-likeness (QED) is 0.728. The average molecular weight is 376 g/mol. The number of nitrogens with zero attached hydrogens (tertiary/aromatic N) is 3. The van der Waals surface area contributed by atoms with E-state index >= 15 is 0 Å². The van der Waals surface area contributed by atoms with Crippen molar-refractivity contribution < 1.29 is 9.32 Å². The first-order chi connectivity index (χ1) is 13.5. The second kappa shape index (κ2) is 7.54. The van der Waals surface area contributed by atoms with Crippen LogP contribution in [-0.2, 0) is 16.6 Å². The summed E-state index contributed by atoms with van der Waals surface area (Å²) >= 11 is 0. The first-order valence-electron chi connectivity index (χ1n) is 9.65. The number of aromatic nitrogens is 3. The first kappa shape index (κ1) is 18.3. The standard InChI is InChI=1S/C22H24N4O2/c1-22(2)12-11-18(16-7-3-4-8-17(16)22)24-19(27)9-10-20-25-21(26-28-20)15-6-5-13-23-14-15/h3-8,13-14,18H,9-12H2,1-2H3,(H,24,27). The molecule has 28 heavy (non-hydrogen) atoms. The normalized spacial score (nSPS) is 17.7. The number of pyridine rings is 1. The number of carbonyl (C=O) groups excluding carboxylic acids is 1. The van der Waals surface area contributed by atoms with Crippen LogP contribution in [0.1, 0.15) is 56.2 Å². The summed E-state index contributed by atoms with van der Waals surface area (Å²) in [6.07, 6.45) is 6.10. The highest BCUT2D eigenvalue weighted by molar-refractivity contribution is 5.76. The van der Waals surface area contributed by atoms with Crippen molar-refractivity contribution in [3.8, 4) is 11.4 Å². The van der Waals surface area contributed by atoms with E-state index in [9.17, 15) is 4.79 Å². The third-order valence-electron chi connectivity index (χ3n) is 5.41. The summed E-state index contributed by atoms with van der Waals surface area (Å²) in [6, 6.07) is 12.2. The lowest BCUT2D eigenvalue weighted by Gasteiger charge is -2.37. The molecule has 1 unspecified atom stereocenters. The van der Waals surface area contributed by atoms with E-state index < -0.39 is 0 Å². The van der Waals surface area contributed by atoms with Gasteiger partial charge in [-0.25, -0.2) is 0 Å². The molecule has 1 amide bonds. The lowest BCUT2D eigenvalue weighted by atomic mass is 9.71. The smallest absolute Gasteiger partial charge is 0.227 e. The van der Waals surface area contributed by atoms with Gasteiger partial charge in [0.05, 0.1) is 6.04 Å². The van der Waals surface area contributed by atoms with Crippen LogP contribution in [0.3, 0.4) is 0 Å². The van der Waals surface area contributed by atoms with Gasteiger partial charge >= 0.3 is 0 Å². The summed E-state index contributed by atoms with van der Waals surface area (Å²) in [7, 11) is 0. The maximum absolute atomic E-state index is 12.5. The van der Waals surface area contributed by atoms with E-state index in [0.29, 0.717) is 24.6 Å². The molecule has 0 spiro atoms. The van der Waals surface area contributed by atoms with Crippen molar-refractivity contribution in [2.45, 2.75) is 51.0 Å².